The lowest BCUT2D eigenvalue weighted by Crippen LogP contribution is -2.18. The maximum atomic E-state index is 13.0. The van der Waals surface area contributed by atoms with Crippen molar-refractivity contribution in [1.82, 2.24) is 4.98 Å². The van der Waals surface area contributed by atoms with Gasteiger partial charge >= 0.3 is 6.36 Å². The molecule has 0 atom stereocenters. The molecule has 3 N–H and O–H groups in total. The zero-order valence-corrected chi connectivity index (χ0v) is 11.0. The number of anilines is 2. The third-order valence-corrected chi connectivity index (χ3v) is 2.85. The first-order chi connectivity index (χ1) is 9.83. The molecule has 2 rings (SSSR count). The van der Waals surface area contributed by atoms with Crippen LogP contribution in [0.5, 0.6) is 5.75 Å². The highest BCUT2D eigenvalue weighted by molar-refractivity contribution is 7.14. The van der Waals surface area contributed by atoms with Crippen molar-refractivity contribution in [3.63, 3.8) is 0 Å². The van der Waals surface area contributed by atoms with E-state index in [4.69, 9.17) is 5.73 Å². The van der Waals surface area contributed by atoms with E-state index in [1.165, 1.54) is 11.3 Å². The van der Waals surface area contributed by atoms with Gasteiger partial charge in [-0.1, -0.05) is 0 Å². The summed E-state index contributed by atoms with van der Waals surface area (Å²) in [5.41, 5.74) is 7.83. The van der Waals surface area contributed by atoms with Crippen molar-refractivity contribution in [2.24, 2.45) is 5.10 Å². The molecule has 0 bridgehead atoms. The van der Waals surface area contributed by atoms with Crippen LogP contribution in [0.25, 0.3) is 0 Å². The van der Waals surface area contributed by atoms with Gasteiger partial charge in [-0.3, -0.25) is 5.43 Å². The summed E-state index contributed by atoms with van der Waals surface area (Å²) in [7, 11) is 0. The molecule has 5 nitrogen and oxygen atoms in total. The van der Waals surface area contributed by atoms with Crippen LogP contribution >= 0.6 is 11.3 Å². The molecule has 0 fully saturated rings. The first-order valence-corrected chi connectivity index (χ1v) is 6.27. The molecule has 0 amide bonds. The summed E-state index contributed by atoms with van der Waals surface area (Å²) in [5.74, 6) is -1.25. The molecule has 112 valence electrons. The molecule has 0 unspecified atom stereocenters. The molecule has 1 aromatic heterocycles. The Morgan fingerprint density at radius 3 is 2.76 bits per heavy atom. The van der Waals surface area contributed by atoms with E-state index in [0.29, 0.717) is 17.0 Å². The number of hydrazone groups is 1. The van der Waals surface area contributed by atoms with E-state index in [0.717, 1.165) is 18.3 Å². The maximum Gasteiger partial charge on any atom is 0.573 e. The summed E-state index contributed by atoms with van der Waals surface area (Å²) >= 11 is 1.17. The normalized spacial score (nSPS) is 11.8. The molecular weight excluding hydrogens is 312 g/mol. The maximum absolute atomic E-state index is 13.0. The molecule has 1 heterocycles. The topological polar surface area (TPSA) is 72.5 Å². The lowest BCUT2D eigenvalue weighted by Gasteiger charge is -2.11. The van der Waals surface area contributed by atoms with Crippen molar-refractivity contribution in [3.05, 3.63) is 35.0 Å². The number of alkyl halides is 3. The number of benzene rings is 1. The first-order valence-electron chi connectivity index (χ1n) is 5.39. The monoisotopic (exact) mass is 320 g/mol. The lowest BCUT2D eigenvalue weighted by atomic mass is 10.2. The van der Waals surface area contributed by atoms with E-state index in [-0.39, 0.29) is 5.56 Å². The van der Waals surface area contributed by atoms with Crippen LogP contribution in [0.1, 0.15) is 5.56 Å². The number of thiazole rings is 1. The van der Waals surface area contributed by atoms with Crippen LogP contribution in [0.3, 0.4) is 0 Å². The Balaban J connectivity index is 2.15. The second-order valence-corrected chi connectivity index (χ2v) is 4.54. The van der Waals surface area contributed by atoms with Crippen LogP contribution in [-0.2, 0) is 0 Å². The Bertz CT molecular complexity index is 656. The molecule has 0 aliphatic heterocycles. The van der Waals surface area contributed by atoms with Crippen LogP contribution in [-0.4, -0.2) is 17.6 Å². The second kappa shape index (κ2) is 5.95. The average molecular weight is 320 g/mol. The molecule has 0 radical (unpaired) electrons. The van der Waals surface area contributed by atoms with Crippen molar-refractivity contribution in [1.29, 1.82) is 0 Å². The Hall–Kier alpha value is -2.36. The van der Waals surface area contributed by atoms with Crippen molar-refractivity contribution >= 4 is 28.5 Å². The van der Waals surface area contributed by atoms with Crippen LogP contribution in [0.15, 0.2) is 28.7 Å². The standard InChI is InChI=1S/C11H8F4N4OS/c12-7-2-1-6(8(3-7)20-11(13,14)15)4-17-19-10-18-9(16)5-21-10/h1-5H,16H2,(H,18,19). The smallest absolute Gasteiger partial charge is 0.405 e. The fraction of sp³-hybridized carbons (Fsp3) is 0.0909. The van der Waals surface area contributed by atoms with Gasteiger partial charge in [0.1, 0.15) is 17.4 Å². The Labute approximate surface area is 120 Å². The number of nitrogen functional groups attached to an aromatic ring is 1. The van der Waals surface area contributed by atoms with Crippen LogP contribution in [0, 0.1) is 5.82 Å². The molecule has 10 heteroatoms. The van der Waals surface area contributed by atoms with E-state index in [9.17, 15) is 17.6 Å². The fourth-order valence-corrected chi connectivity index (χ4v) is 1.87. The predicted molar refractivity (Wildman–Crippen MR) is 70.8 cm³/mol. The summed E-state index contributed by atoms with van der Waals surface area (Å²) in [4.78, 5) is 3.84. The van der Waals surface area contributed by atoms with Gasteiger partial charge in [0.2, 0.25) is 5.13 Å². The van der Waals surface area contributed by atoms with Crippen LogP contribution < -0.4 is 15.9 Å². The van der Waals surface area contributed by atoms with Crippen molar-refractivity contribution < 1.29 is 22.3 Å². The summed E-state index contributed by atoms with van der Waals surface area (Å²) in [6, 6.07) is 2.72. The summed E-state index contributed by atoms with van der Waals surface area (Å²) in [6.07, 6.45) is -3.87. The Morgan fingerprint density at radius 1 is 1.38 bits per heavy atom. The van der Waals surface area contributed by atoms with Crippen LogP contribution in [0.4, 0.5) is 28.5 Å². The van der Waals surface area contributed by atoms with E-state index in [1.807, 2.05) is 0 Å². The SMILES string of the molecule is Nc1csc(NN=Cc2ccc(F)cc2OC(F)(F)F)n1. The number of hydrogen-bond acceptors (Lipinski definition) is 6. The number of ether oxygens (including phenoxy) is 1. The number of rotatable bonds is 4. The minimum Gasteiger partial charge on any atom is -0.405 e. The number of hydrogen-bond donors (Lipinski definition) is 2. The van der Waals surface area contributed by atoms with Crippen molar-refractivity contribution in [3.8, 4) is 5.75 Å². The van der Waals surface area contributed by atoms with Crippen molar-refractivity contribution in [2.75, 3.05) is 11.2 Å². The van der Waals surface area contributed by atoms with Gasteiger partial charge < -0.3 is 10.5 Å². The molecule has 1 aromatic carbocycles. The van der Waals surface area contributed by atoms with Gasteiger partial charge in [-0.15, -0.1) is 24.5 Å². The summed E-state index contributed by atoms with van der Waals surface area (Å²) in [5, 5.41) is 5.62. The van der Waals surface area contributed by atoms with Gasteiger partial charge in [-0.2, -0.15) is 5.10 Å². The largest absolute Gasteiger partial charge is 0.573 e. The highest BCUT2D eigenvalue weighted by Crippen LogP contribution is 2.26. The summed E-state index contributed by atoms with van der Waals surface area (Å²) < 4.78 is 53.4. The molecule has 21 heavy (non-hydrogen) atoms. The molecule has 0 aliphatic rings. The molecule has 0 saturated carbocycles. The quantitative estimate of drug-likeness (QED) is 0.515. The number of halogens is 4. The van der Waals surface area contributed by atoms with Gasteiger partial charge in [-0.25, -0.2) is 9.37 Å². The minimum absolute atomic E-state index is 0.0502. The number of nitrogens with two attached hydrogens (primary N) is 1. The predicted octanol–water partition coefficient (Wildman–Crippen LogP) is 3.21. The second-order valence-electron chi connectivity index (χ2n) is 3.68. The molecule has 0 aliphatic carbocycles. The van der Waals surface area contributed by atoms with Crippen LogP contribution in [0.2, 0.25) is 0 Å². The molecule has 0 spiro atoms. The third-order valence-electron chi connectivity index (χ3n) is 2.09. The Kier molecular flexibility index (Phi) is 4.26. The first kappa shape index (κ1) is 15.0. The van der Waals surface area contributed by atoms with Gasteiger partial charge in [-0.05, 0) is 12.1 Å². The Morgan fingerprint density at radius 2 is 2.14 bits per heavy atom. The zero-order chi connectivity index (χ0) is 15.5. The van der Waals surface area contributed by atoms with E-state index < -0.39 is 17.9 Å². The fourth-order valence-electron chi connectivity index (χ4n) is 1.32. The van der Waals surface area contributed by atoms with E-state index >= 15 is 0 Å². The van der Waals surface area contributed by atoms with Gasteiger partial charge in [0.25, 0.3) is 0 Å². The third kappa shape index (κ3) is 4.60. The molecular formula is C11H8F4N4OS. The minimum atomic E-state index is -4.92. The highest BCUT2D eigenvalue weighted by Gasteiger charge is 2.32. The average Bonchev–Trinajstić information content (AvgIpc) is 2.76. The van der Waals surface area contributed by atoms with Crippen molar-refractivity contribution in [2.45, 2.75) is 6.36 Å². The van der Waals surface area contributed by atoms with Gasteiger partial charge in [0.05, 0.1) is 6.21 Å². The molecule has 2 aromatic rings. The number of aromatic nitrogens is 1. The summed E-state index contributed by atoms with van der Waals surface area (Å²) in [6.45, 7) is 0. The van der Waals surface area contributed by atoms with Gasteiger partial charge in [0, 0.05) is 17.0 Å². The lowest BCUT2D eigenvalue weighted by molar-refractivity contribution is -0.274. The number of nitrogens with zero attached hydrogens (tertiary/aromatic N) is 2. The number of nitrogens with one attached hydrogen (secondary N) is 1. The highest BCUT2D eigenvalue weighted by atomic mass is 32.1. The van der Waals surface area contributed by atoms with Gasteiger partial charge in [0.15, 0.2) is 0 Å². The van der Waals surface area contributed by atoms with E-state index in [2.05, 4.69) is 20.2 Å². The zero-order valence-electron chi connectivity index (χ0n) is 10.2. The molecule has 0 saturated heterocycles. The van der Waals surface area contributed by atoms with E-state index in [1.54, 1.807) is 5.38 Å².